The number of thioether (sulfide) groups is 1. The first-order valence-electron chi connectivity index (χ1n) is 3.72. The fraction of sp³-hybridized carbons (Fsp3) is 0.375. The molecule has 0 atom stereocenters. The summed E-state index contributed by atoms with van der Waals surface area (Å²) < 4.78 is 5.24. The van der Waals surface area contributed by atoms with Gasteiger partial charge in [0.2, 0.25) is 0 Å². The van der Waals surface area contributed by atoms with Crippen molar-refractivity contribution in [2.75, 3.05) is 12.9 Å². The molecule has 0 bridgehead atoms. The van der Waals surface area contributed by atoms with Crippen LogP contribution in [-0.2, 0) is 4.74 Å². The van der Waals surface area contributed by atoms with Crippen molar-refractivity contribution in [2.45, 2.75) is 6.92 Å². The summed E-state index contributed by atoms with van der Waals surface area (Å²) in [6.07, 6.45) is 3.35. The van der Waals surface area contributed by atoms with E-state index in [9.17, 15) is 0 Å². The lowest BCUT2D eigenvalue weighted by Crippen LogP contribution is -2.15. The van der Waals surface area contributed by atoms with E-state index >= 15 is 0 Å². The van der Waals surface area contributed by atoms with Crippen molar-refractivity contribution in [3.63, 3.8) is 0 Å². The zero-order valence-electron chi connectivity index (χ0n) is 7.78. The molecule has 0 amide bonds. The monoisotopic (exact) mass is 202 g/mol. The lowest BCUT2D eigenvalue weighted by atomic mass is 10.4. The van der Waals surface area contributed by atoms with Gasteiger partial charge in [-0.05, 0) is 19.3 Å². The van der Waals surface area contributed by atoms with Gasteiger partial charge in [-0.1, -0.05) is 11.7 Å². The Balaban J connectivity index is 4.92. The first-order valence-corrected chi connectivity index (χ1v) is 4.95. The van der Waals surface area contributed by atoms with Crippen LogP contribution in [0.3, 0.4) is 0 Å². The van der Waals surface area contributed by atoms with Crippen molar-refractivity contribution in [3.8, 4) is 0 Å². The van der Waals surface area contributed by atoms with Crippen LogP contribution < -0.4 is 5.73 Å². The molecule has 0 saturated heterocycles. The number of allylic oxidation sites excluding steroid dienone is 1. The van der Waals surface area contributed by atoms with Crippen molar-refractivity contribution in [1.82, 2.24) is 0 Å². The van der Waals surface area contributed by atoms with Gasteiger partial charge in [-0.2, -0.15) is 0 Å². The molecule has 0 aromatic rings. The van der Waals surface area contributed by atoms with Gasteiger partial charge in [-0.15, -0.1) is 11.8 Å². The van der Waals surface area contributed by atoms with Crippen LogP contribution in [-0.4, -0.2) is 23.9 Å². The van der Waals surface area contributed by atoms with Crippen molar-refractivity contribution in [2.24, 2.45) is 10.9 Å². The highest BCUT2D eigenvalue weighted by molar-refractivity contribution is 8.03. The van der Waals surface area contributed by atoms with Crippen molar-refractivity contribution in [3.05, 3.63) is 23.3 Å². The summed E-state index contributed by atoms with van der Waals surface area (Å²) in [7, 11) is 0. The Bertz CT molecular complexity index is 236. The van der Waals surface area contributed by atoms with Gasteiger partial charge in [-0.25, -0.2) is 0 Å². The Labute approximate surface area is 82.1 Å². The van der Waals surface area contributed by atoms with Crippen molar-refractivity contribution >= 4 is 17.6 Å². The minimum absolute atomic E-state index is 0.0378. The van der Waals surface area contributed by atoms with E-state index in [0.29, 0.717) is 17.3 Å². The zero-order valence-corrected chi connectivity index (χ0v) is 8.60. The molecule has 0 aliphatic rings. The molecule has 13 heavy (non-hydrogen) atoms. The Morgan fingerprint density at radius 3 is 2.69 bits per heavy atom. The highest BCUT2D eigenvalue weighted by Gasteiger charge is 2.08. The predicted molar refractivity (Wildman–Crippen MR) is 55.8 cm³/mol. The van der Waals surface area contributed by atoms with E-state index in [1.165, 1.54) is 17.8 Å². The third-order valence-corrected chi connectivity index (χ3v) is 2.07. The molecule has 0 spiro atoms. The molecule has 0 aromatic heterocycles. The van der Waals surface area contributed by atoms with E-state index in [-0.39, 0.29) is 5.84 Å². The number of amidine groups is 1. The van der Waals surface area contributed by atoms with Gasteiger partial charge < -0.3 is 15.7 Å². The van der Waals surface area contributed by atoms with Gasteiger partial charge in [0.15, 0.2) is 5.84 Å². The van der Waals surface area contributed by atoms with Gasteiger partial charge in [-0.3, -0.25) is 0 Å². The van der Waals surface area contributed by atoms with Crippen LogP contribution in [0.4, 0.5) is 0 Å². The standard InChI is InChI=1S/C8H14N2O2S/c1-4-6(12-5-2)7(13-3)8(9)10-11/h4,11H,1,5H2,2-3H3,(H2,9,10)/b7-6+. The fourth-order valence-corrected chi connectivity index (χ4v) is 1.34. The molecule has 74 valence electrons. The molecule has 0 aliphatic carbocycles. The Hall–Kier alpha value is -1.10. The smallest absolute Gasteiger partial charge is 0.180 e. The third kappa shape index (κ3) is 3.42. The number of nitrogens with two attached hydrogens (primary N) is 1. The second-order valence-electron chi connectivity index (χ2n) is 2.02. The van der Waals surface area contributed by atoms with Gasteiger partial charge in [0, 0.05) is 0 Å². The SMILES string of the molecule is C=C/C(OCC)=C(SC)/C(N)=N/O. The summed E-state index contributed by atoms with van der Waals surface area (Å²) in [5.74, 6) is 0.571. The summed E-state index contributed by atoms with van der Waals surface area (Å²) in [5.41, 5.74) is 5.43. The molecule has 0 fully saturated rings. The maximum Gasteiger partial charge on any atom is 0.180 e. The summed E-state index contributed by atoms with van der Waals surface area (Å²) in [6.45, 7) is 5.95. The first kappa shape index (κ1) is 11.9. The molecule has 5 heteroatoms. The molecule has 0 aromatic carbocycles. The van der Waals surface area contributed by atoms with Crippen LogP contribution in [0.5, 0.6) is 0 Å². The van der Waals surface area contributed by atoms with Crippen molar-refractivity contribution in [1.29, 1.82) is 0 Å². The van der Waals surface area contributed by atoms with Crippen LogP contribution >= 0.6 is 11.8 Å². The first-order chi connectivity index (χ1) is 6.21. The number of oxime groups is 1. The van der Waals surface area contributed by atoms with E-state index in [1.807, 2.05) is 13.2 Å². The van der Waals surface area contributed by atoms with Crippen LogP contribution in [0.2, 0.25) is 0 Å². The number of ether oxygens (including phenoxy) is 1. The normalized spacial score (nSPS) is 13.5. The van der Waals surface area contributed by atoms with E-state index in [2.05, 4.69) is 11.7 Å². The summed E-state index contributed by atoms with van der Waals surface area (Å²) in [4.78, 5) is 0.583. The van der Waals surface area contributed by atoms with E-state index in [0.717, 1.165) is 0 Å². The number of hydrogen-bond acceptors (Lipinski definition) is 4. The second kappa shape index (κ2) is 6.42. The molecule has 3 N–H and O–H groups in total. The second-order valence-corrected chi connectivity index (χ2v) is 2.84. The van der Waals surface area contributed by atoms with Crippen LogP contribution in [0.25, 0.3) is 0 Å². The highest BCUT2D eigenvalue weighted by Crippen LogP contribution is 2.18. The van der Waals surface area contributed by atoms with Gasteiger partial charge in [0.25, 0.3) is 0 Å². The molecule has 0 heterocycles. The van der Waals surface area contributed by atoms with E-state index in [1.54, 1.807) is 0 Å². The van der Waals surface area contributed by atoms with Crippen LogP contribution in [0, 0.1) is 0 Å². The minimum atomic E-state index is 0.0378. The minimum Gasteiger partial charge on any atom is -0.493 e. The Morgan fingerprint density at radius 2 is 2.38 bits per heavy atom. The topological polar surface area (TPSA) is 67.8 Å². The average molecular weight is 202 g/mol. The Morgan fingerprint density at radius 1 is 1.77 bits per heavy atom. The number of hydrogen-bond donors (Lipinski definition) is 2. The van der Waals surface area contributed by atoms with E-state index in [4.69, 9.17) is 15.7 Å². The quantitative estimate of drug-likeness (QED) is 0.177. The third-order valence-electron chi connectivity index (χ3n) is 1.25. The van der Waals surface area contributed by atoms with Crippen LogP contribution in [0.1, 0.15) is 6.92 Å². The fourth-order valence-electron chi connectivity index (χ4n) is 0.749. The lowest BCUT2D eigenvalue weighted by molar-refractivity contribution is 0.242. The largest absolute Gasteiger partial charge is 0.493 e. The average Bonchev–Trinajstić information content (AvgIpc) is 2.17. The van der Waals surface area contributed by atoms with Gasteiger partial charge in [0.1, 0.15) is 5.76 Å². The van der Waals surface area contributed by atoms with Gasteiger partial charge in [0.05, 0.1) is 11.5 Å². The molecule has 4 nitrogen and oxygen atoms in total. The lowest BCUT2D eigenvalue weighted by Gasteiger charge is -2.08. The van der Waals surface area contributed by atoms with Crippen molar-refractivity contribution < 1.29 is 9.94 Å². The highest BCUT2D eigenvalue weighted by atomic mass is 32.2. The number of rotatable bonds is 5. The summed E-state index contributed by atoms with van der Waals surface area (Å²) >= 11 is 1.34. The Kier molecular flexibility index (Phi) is 5.88. The molecule has 0 aliphatic heterocycles. The molecule has 0 unspecified atom stereocenters. The maximum absolute atomic E-state index is 8.47. The molecule has 0 radical (unpaired) electrons. The number of nitrogens with zero attached hydrogens (tertiary/aromatic N) is 1. The zero-order chi connectivity index (χ0) is 10.3. The molecular formula is C8H14N2O2S. The molecule has 0 saturated carbocycles. The summed E-state index contributed by atoms with van der Waals surface area (Å²) in [6, 6.07) is 0. The molecule has 0 rings (SSSR count). The molecular weight excluding hydrogens is 188 g/mol. The maximum atomic E-state index is 8.47. The van der Waals surface area contributed by atoms with Gasteiger partial charge >= 0.3 is 0 Å². The van der Waals surface area contributed by atoms with E-state index < -0.39 is 0 Å². The predicted octanol–water partition coefficient (Wildman–Crippen LogP) is 1.53. The summed E-state index contributed by atoms with van der Waals surface area (Å²) in [5, 5.41) is 11.4. The van der Waals surface area contributed by atoms with Crippen LogP contribution in [0.15, 0.2) is 28.5 Å².